The molecule has 2 heterocycles. The number of nitrogens with zero attached hydrogens (tertiary/aromatic N) is 3. The number of hydrogen-bond acceptors (Lipinski definition) is 6. The van der Waals surface area contributed by atoms with Crippen LogP contribution in [0, 0.1) is 0 Å². The molecule has 3 rings (SSSR count). The first kappa shape index (κ1) is 21.2. The Morgan fingerprint density at radius 3 is 2.66 bits per heavy atom. The Morgan fingerprint density at radius 1 is 1.21 bits per heavy atom. The third-order valence-electron chi connectivity index (χ3n) is 5.43. The molecule has 29 heavy (non-hydrogen) atoms. The van der Waals surface area contributed by atoms with Gasteiger partial charge >= 0.3 is 0 Å². The third kappa shape index (κ3) is 4.92. The van der Waals surface area contributed by atoms with Crippen LogP contribution >= 0.6 is 0 Å². The number of hydrogen-bond donors (Lipinski definition) is 0. The summed E-state index contributed by atoms with van der Waals surface area (Å²) >= 11 is 0. The summed E-state index contributed by atoms with van der Waals surface area (Å²) in [4.78, 5) is 7.16. The summed E-state index contributed by atoms with van der Waals surface area (Å²) in [6.07, 6.45) is 4.36. The van der Waals surface area contributed by atoms with E-state index in [1.165, 1.54) is 0 Å². The van der Waals surface area contributed by atoms with Gasteiger partial charge in [0.05, 0.1) is 13.2 Å². The summed E-state index contributed by atoms with van der Waals surface area (Å²) in [5, 5.41) is 4.32. The fraction of sp³-hybridized carbons (Fsp3) is 0.565. The van der Waals surface area contributed by atoms with Crippen LogP contribution in [-0.4, -0.2) is 40.8 Å². The Hall–Kier alpha value is -2.50. The van der Waals surface area contributed by atoms with Crippen molar-refractivity contribution in [1.29, 1.82) is 0 Å². The maximum Gasteiger partial charge on any atom is 0.258 e. The van der Waals surface area contributed by atoms with Gasteiger partial charge in [-0.2, -0.15) is 4.98 Å². The van der Waals surface area contributed by atoms with Crippen LogP contribution in [0.5, 0.6) is 11.5 Å². The van der Waals surface area contributed by atoms with E-state index < -0.39 is 0 Å². The van der Waals surface area contributed by atoms with E-state index in [9.17, 15) is 0 Å². The van der Waals surface area contributed by atoms with Crippen molar-refractivity contribution in [2.45, 2.75) is 65.3 Å². The topological polar surface area (TPSA) is 60.6 Å². The van der Waals surface area contributed by atoms with E-state index in [2.05, 4.69) is 30.5 Å². The van der Waals surface area contributed by atoms with Crippen molar-refractivity contribution in [3.05, 3.63) is 36.3 Å². The van der Waals surface area contributed by atoms with Gasteiger partial charge in [-0.25, -0.2) is 0 Å². The van der Waals surface area contributed by atoms with Crippen LogP contribution in [0.3, 0.4) is 0 Å². The summed E-state index contributed by atoms with van der Waals surface area (Å²) in [6.45, 7) is 14.5. The van der Waals surface area contributed by atoms with Gasteiger partial charge < -0.3 is 18.9 Å². The maximum absolute atomic E-state index is 5.72. The zero-order valence-electron chi connectivity index (χ0n) is 18.1. The van der Waals surface area contributed by atoms with Gasteiger partial charge in [0.15, 0.2) is 17.3 Å². The molecule has 0 spiro atoms. The molecular weight excluding hydrogens is 366 g/mol. The summed E-state index contributed by atoms with van der Waals surface area (Å²) in [7, 11) is 0. The smallest absolute Gasteiger partial charge is 0.258 e. The second kappa shape index (κ2) is 9.81. The molecule has 6 heteroatoms. The van der Waals surface area contributed by atoms with Crippen molar-refractivity contribution in [2.75, 3.05) is 19.8 Å². The van der Waals surface area contributed by atoms with Crippen LogP contribution in [0.4, 0.5) is 0 Å². The van der Waals surface area contributed by atoms with Crippen LogP contribution in [0.15, 0.2) is 35.0 Å². The Balaban J connectivity index is 1.78. The lowest BCUT2D eigenvalue weighted by molar-refractivity contribution is 0.164. The number of aromatic nitrogens is 2. The van der Waals surface area contributed by atoms with Gasteiger partial charge in [-0.05, 0) is 58.2 Å². The summed E-state index contributed by atoms with van der Waals surface area (Å²) in [5.74, 6) is 3.07. The molecule has 1 aromatic carbocycles. The largest absolute Gasteiger partial charge is 0.490 e. The van der Waals surface area contributed by atoms with E-state index in [0.717, 1.165) is 55.1 Å². The van der Waals surface area contributed by atoms with Crippen LogP contribution in [-0.2, 0) is 0 Å². The highest BCUT2D eigenvalue weighted by Gasteiger charge is 2.31. The van der Waals surface area contributed by atoms with Crippen molar-refractivity contribution in [2.24, 2.45) is 0 Å². The van der Waals surface area contributed by atoms with Crippen LogP contribution < -0.4 is 9.47 Å². The number of likely N-dealkylation sites (tertiary alicyclic amines) is 1. The lowest BCUT2D eigenvalue weighted by Crippen LogP contribution is -2.40. The third-order valence-corrected chi connectivity index (χ3v) is 5.43. The van der Waals surface area contributed by atoms with Gasteiger partial charge in [0.2, 0.25) is 0 Å². The van der Waals surface area contributed by atoms with Crippen molar-refractivity contribution >= 4 is 0 Å². The minimum atomic E-state index is 0.314. The number of benzene rings is 1. The zero-order valence-corrected chi connectivity index (χ0v) is 18.1. The Labute approximate surface area is 173 Å². The molecule has 0 aliphatic carbocycles. The molecule has 2 atom stereocenters. The summed E-state index contributed by atoms with van der Waals surface area (Å²) in [6, 6.07) is 6.24. The minimum absolute atomic E-state index is 0.314. The first-order valence-electron chi connectivity index (χ1n) is 10.7. The van der Waals surface area contributed by atoms with Crippen LogP contribution in [0.2, 0.25) is 0 Å². The number of allylic oxidation sites excluding steroid dienone is 1. The molecule has 1 aromatic heterocycles. The molecule has 158 valence electrons. The minimum Gasteiger partial charge on any atom is -0.490 e. The highest BCUT2D eigenvalue weighted by atomic mass is 16.5. The molecule has 1 saturated heterocycles. The Kier molecular flexibility index (Phi) is 7.18. The monoisotopic (exact) mass is 399 g/mol. The number of piperidine rings is 1. The van der Waals surface area contributed by atoms with E-state index in [1.54, 1.807) is 0 Å². The van der Waals surface area contributed by atoms with Crippen molar-refractivity contribution < 1.29 is 14.0 Å². The first-order valence-corrected chi connectivity index (χ1v) is 10.7. The van der Waals surface area contributed by atoms with E-state index in [0.29, 0.717) is 36.8 Å². The quantitative estimate of drug-likeness (QED) is 0.561. The number of ether oxygens (including phenoxy) is 2. The average molecular weight is 400 g/mol. The summed E-state index contributed by atoms with van der Waals surface area (Å²) in [5.41, 5.74) is 1.99. The van der Waals surface area contributed by atoms with Crippen LogP contribution in [0.1, 0.15) is 65.1 Å². The van der Waals surface area contributed by atoms with Gasteiger partial charge in [-0.1, -0.05) is 25.1 Å². The molecule has 2 aromatic rings. The molecule has 1 aliphatic rings. The fourth-order valence-electron chi connectivity index (χ4n) is 4.10. The Bertz CT molecular complexity index is 817. The molecule has 6 nitrogen and oxygen atoms in total. The van der Waals surface area contributed by atoms with Gasteiger partial charge in [-0.3, -0.25) is 0 Å². The highest BCUT2D eigenvalue weighted by molar-refractivity contribution is 5.59. The van der Waals surface area contributed by atoms with Crippen molar-refractivity contribution in [3.63, 3.8) is 0 Å². The lowest BCUT2D eigenvalue weighted by atomic mass is 9.88. The lowest BCUT2D eigenvalue weighted by Gasteiger charge is -2.40. The first-order chi connectivity index (χ1) is 14.1. The molecule has 0 amide bonds. The Morgan fingerprint density at radius 2 is 1.97 bits per heavy atom. The van der Waals surface area contributed by atoms with Crippen molar-refractivity contribution in [3.8, 4) is 23.0 Å². The molecular formula is C23H33N3O3. The van der Waals surface area contributed by atoms with Gasteiger partial charge in [-0.15, -0.1) is 0 Å². The average Bonchev–Trinajstić information content (AvgIpc) is 3.20. The maximum atomic E-state index is 5.72. The molecule has 0 N–H and O–H groups in total. The van der Waals surface area contributed by atoms with E-state index in [4.69, 9.17) is 19.0 Å². The molecule has 2 unspecified atom stereocenters. The SMILES string of the molecule is C=C(C)N1CCC(c2noc(-c3ccc(OCC)c(OCC)c3)n2)CC1CCC. The fourth-order valence-corrected chi connectivity index (χ4v) is 4.10. The molecule has 1 aliphatic heterocycles. The normalized spacial score (nSPS) is 19.2. The van der Waals surface area contributed by atoms with Crippen LogP contribution in [0.25, 0.3) is 11.5 Å². The second-order valence-electron chi connectivity index (χ2n) is 7.58. The van der Waals surface area contributed by atoms with Gasteiger partial charge in [0, 0.05) is 29.8 Å². The molecule has 0 bridgehead atoms. The van der Waals surface area contributed by atoms with E-state index in [-0.39, 0.29) is 0 Å². The predicted molar refractivity (Wildman–Crippen MR) is 114 cm³/mol. The molecule has 1 fully saturated rings. The highest BCUT2D eigenvalue weighted by Crippen LogP contribution is 2.36. The summed E-state index contributed by atoms with van der Waals surface area (Å²) < 4.78 is 17.0. The number of rotatable bonds is 9. The zero-order chi connectivity index (χ0) is 20.8. The molecule has 0 radical (unpaired) electrons. The second-order valence-corrected chi connectivity index (χ2v) is 7.58. The van der Waals surface area contributed by atoms with Gasteiger partial charge in [0.1, 0.15) is 0 Å². The van der Waals surface area contributed by atoms with E-state index >= 15 is 0 Å². The predicted octanol–water partition coefficient (Wildman–Crippen LogP) is 5.42. The standard InChI is InChI=1S/C23H33N3O3/c1-6-9-19-14-17(12-13-26(19)16(4)5)22-24-23(29-25-22)18-10-11-20(27-7-2)21(15-18)28-8-3/h10-11,15,17,19H,4,6-9,12-14H2,1-3,5H3. The molecule has 0 saturated carbocycles. The van der Waals surface area contributed by atoms with Gasteiger partial charge in [0.25, 0.3) is 5.89 Å². The van der Waals surface area contributed by atoms with Crippen molar-refractivity contribution in [1.82, 2.24) is 15.0 Å². The van der Waals surface area contributed by atoms with E-state index in [1.807, 2.05) is 32.0 Å².